The lowest BCUT2D eigenvalue weighted by atomic mass is 10.2. The molecule has 0 saturated heterocycles. The smallest absolute Gasteiger partial charge is 0.258 e. The molecule has 4 nitrogen and oxygen atoms in total. The Morgan fingerprint density at radius 1 is 1.21 bits per heavy atom. The number of nitro benzene ring substituents is 1. The molecule has 0 unspecified atom stereocenters. The highest BCUT2D eigenvalue weighted by molar-refractivity contribution is 6.31. The maximum atomic E-state index is 12.7. The van der Waals surface area contributed by atoms with Gasteiger partial charge in [-0.2, -0.15) is 0 Å². The van der Waals surface area contributed by atoms with Crippen LogP contribution in [-0.2, 0) is 0 Å². The van der Waals surface area contributed by atoms with Crippen molar-refractivity contribution in [3.8, 4) is 0 Å². The van der Waals surface area contributed by atoms with Crippen molar-refractivity contribution < 1.29 is 9.31 Å². The van der Waals surface area contributed by atoms with Crippen molar-refractivity contribution in [3.63, 3.8) is 0 Å². The van der Waals surface area contributed by atoms with Crippen LogP contribution in [0.3, 0.4) is 0 Å². The Morgan fingerprint density at radius 2 is 1.89 bits per heavy atom. The molecule has 0 N–H and O–H groups in total. The van der Waals surface area contributed by atoms with Gasteiger partial charge in [0.1, 0.15) is 5.82 Å². The normalized spacial score (nSPS) is 10.8. The number of hydrogen-bond donors (Lipinski definition) is 0. The summed E-state index contributed by atoms with van der Waals surface area (Å²) in [5.74, 6) is -0.368. The number of nitro groups is 1. The molecular weight excluding hydrogens is 271 g/mol. The minimum absolute atomic E-state index is 0.0877. The van der Waals surface area contributed by atoms with Crippen LogP contribution >= 0.6 is 11.6 Å². The van der Waals surface area contributed by atoms with E-state index in [1.165, 1.54) is 48.7 Å². The highest BCUT2D eigenvalue weighted by Crippen LogP contribution is 2.22. The number of halogens is 2. The van der Waals surface area contributed by atoms with Gasteiger partial charge in [0.15, 0.2) is 0 Å². The van der Waals surface area contributed by atoms with Crippen molar-refractivity contribution in [2.75, 3.05) is 0 Å². The summed E-state index contributed by atoms with van der Waals surface area (Å²) in [4.78, 5) is 14.4. The summed E-state index contributed by atoms with van der Waals surface area (Å²) in [6.07, 6.45) is 1.33. The Bertz CT molecular complexity index is 642. The highest BCUT2D eigenvalue weighted by atomic mass is 35.5. The van der Waals surface area contributed by atoms with Gasteiger partial charge in [0.25, 0.3) is 5.69 Å². The number of nitrogens with zero attached hydrogens (tertiary/aromatic N) is 2. The van der Waals surface area contributed by atoms with Crippen LogP contribution in [0.15, 0.2) is 47.5 Å². The third kappa shape index (κ3) is 3.35. The molecule has 0 aliphatic carbocycles. The average Bonchev–Trinajstić information content (AvgIpc) is 2.38. The monoisotopic (exact) mass is 278 g/mol. The maximum Gasteiger partial charge on any atom is 0.278 e. The number of hydrogen-bond acceptors (Lipinski definition) is 3. The molecule has 0 aliphatic heterocycles. The molecule has 0 fully saturated rings. The Labute approximate surface area is 113 Å². The summed E-state index contributed by atoms with van der Waals surface area (Å²) < 4.78 is 12.7. The van der Waals surface area contributed by atoms with E-state index in [0.717, 1.165) is 0 Å². The van der Waals surface area contributed by atoms with Gasteiger partial charge in [0.05, 0.1) is 16.2 Å². The molecule has 2 aromatic carbocycles. The third-order valence-electron chi connectivity index (χ3n) is 2.37. The van der Waals surface area contributed by atoms with Crippen molar-refractivity contribution in [2.45, 2.75) is 0 Å². The van der Waals surface area contributed by atoms with E-state index in [-0.39, 0.29) is 11.5 Å². The summed E-state index contributed by atoms with van der Waals surface area (Å²) in [5.41, 5.74) is 0.702. The van der Waals surface area contributed by atoms with E-state index in [2.05, 4.69) is 4.99 Å². The van der Waals surface area contributed by atoms with Gasteiger partial charge in [-0.1, -0.05) is 11.6 Å². The lowest BCUT2D eigenvalue weighted by Crippen LogP contribution is -1.94. The number of aliphatic imine (C=N–C) groups is 1. The van der Waals surface area contributed by atoms with E-state index in [0.29, 0.717) is 16.3 Å². The minimum atomic E-state index is -0.512. The van der Waals surface area contributed by atoms with Gasteiger partial charge in [-0.25, -0.2) is 4.39 Å². The van der Waals surface area contributed by atoms with E-state index in [1.807, 2.05) is 0 Å². The second kappa shape index (κ2) is 5.58. The van der Waals surface area contributed by atoms with Crippen molar-refractivity contribution >= 4 is 29.2 Å². The van der Waals surface area contributed by atoms with Crippen LogP contribution in [-0.4, -0.2) is 11.1 Å². The molecular formula is C13H8ClFN2O2. The van der Waals surface area contributed by atoms with Crippen molar-refractivity contribution in [2.24, 2.45) is 4.99 Å². The summed E-state index contributed by atoms with van der Waals surface area (Å²) in [6.45, 7) is 0. The van der Waals surface area contributed by atoms with Crippen LogP contribution in [0.4, 0.5) is 15.8 Å². The first-order chi connectivity index (χ1) is 9.06. The molecule has 0 heterocycles. The predicted molar refractivity (Wildman–Crippen MR) is 71.8 cm³/mol. The minimum Gasteiger partial charge on any atom is -0.258 e. The molecule has 6 heteroatoms. The summed E-state index contributed by atoms with van der Waals surface area (Å²) in [7, 11) is 0. The van der Waals surface area contributed by atoms with Crippen LogP contribution in [0.25, 0.3) is 0 Å². The molecule has 0 radical (unpaired) electrons. The molecule has 2 aromatic rings. The maximum absolute atomic E-state index is 12.7. The molecule has 96 valence electrons. The quantitative estimate of drug-likeness (QED) is 0.481. The first-order valence-corrected chi connectivity index (χ1v) is 5.67. The lowest BCUT2D eigenvalue weighted by molar-refractivity contribution is -0.385. The van der Waals surface area contributed by atoms with Gasteiger partial charge < -0.3 is 0 Å². The fraction of sp³-hybridized carbons (Fsp3) is 0. The lowest BCUT2D eigenvalue weighted by Gasteiger charge is -1.98. The Hall–Kier alpha value is -2.27. The molecule has 0 amide bonds. The molecule has 0 aliphatic rings. The van der Waals surface area contributed by atoms with Crippen LogP contribution in [0.5, 0.6) is 0 Å². The van der Waals surface area contributed by atoms with Gasteiger partial charge in [0, 0.05) is 17.3 Å². The van der Waals surface area contributed by atoms with Gasteiger partial charge >= 0.3 is 0 Å². The second-order valence-corrected chi connectivity index (χ2v) is 4.13. The van der Waals surface area contributed by atoms with E-state index in [4.69, 9.17) is 11.6 Å². The van der Waals surface area contributed by atoms with E-state index in [9.17, 15) is 14.5 Å². The third-order valence-corrected chi connectivity index (χ3v) is 2.60. The highest BCUT2D eigenvalue weighted by Gasteiger charge is 2.11. The topological polar surface area (TPSA) is 55.5 Å². The Balaban J connectivity index is 2.34. The second-order valence-electron chi connectivity index (χ2n) is 3.69. The van der Waals surface area contributed by atoms with Crippen LogP contribution in [0.2, 0.25) is 5.02 Å². The van der Waals surface area contributed by atoms with Crippen LogP contribution < -0.4 is 0 Å². The zero-order valence-corrected chi connectivity index (χ0v) is 10.3. The number of rotatable bonds is 3. The molecule has 0 saturated carbocycles. The van der Waals surface area contributed by atoms with Crippen molar-refractivity contribution in [3.05, 3.63) is 69.0 Å². The van der Waals surface area contributed by atoms with Gasteiger partial charge in [-0.3, -0.25) is 15.1 Å². The zero-order chi connectivity index (χ0) is 13.8. The number of benzene rings is 2. The van der Waals surface area contributed by atoms with Gasteiger partial charge in [0.2, 0.25) is 0 Å². The standard InChI is InChI=1S/C13H8ClFN2O2/c14-10-1-6-13(17(18)19)9(7-10)8-16-12-4-2-11(15)3-5-12/h1-8H. The molecule has 0 spiro atoms. The zero-order valence-electron chi connectivity index (χ0n) is 9.59. The van der Waals surface area contributed by atoms with Crippen LogP contribution in [0, 0.1) is 15.9 Å². The summed E-state index contributed by atoms with van der Waals surface area (Å²) in [6, 6.07) is 9.68. The van der Waals surface area contributed by atoms with Crippen molar-refractivity contribution in [1.29, 1.82) is 0 Å². The van der Waals surface area contributed by atoms with E-state index >= 15 is 0 Å². The van der Waals surface area contributed by atoms with Gasteiger partial charge in [-0.15, -0.1) is 0 Å². The molecule has 0 aromatic heterocycles. The summed E-state index contributed by atoms with van der Waals surface area (Å²) >= 11 is 5.79. The Kier molecular flexibility index (Phi) is 3.87. The molecule has 19 heavy (non-hydrogen) atoms. The van der Waals surface area contributed by atoms with E-state index in [1.54, 1.807) is 0 Å². The fourth-order valence-electron chi connectivity index (χ4n) is 1.47. The van der Waals surface area contributed by atoms with Gasteiger partial charge in [-0.05, 0) is 36.4 Å². The Morgan fingerprint density at radius 3 is 2.53 bits per heavy atom. The predicted octanol–water partition coefficient (Wildman–Crippen LogP) is 4.14. The molecule has 0 atom stereocenters. The summed E-state index contributed by atoms with van der Waals surface area (Å²) in [5, 5.41) is 11.2. The SMILES string of the molecule is O=[N+]([O-])c1ccc(Cl)cc1C=Nc1ccc(F)cc1. The largest absolute Gasteiger partial charge is 0.278 e. The van der Waals surface area contributed by atoms with E-state index < -0.39 is 4.92 Å². The van der Waals surface area contributed by atoms with Crippen LogP contribution in [0.1, 0.15) is 5.56 Å². The van der Waals surface area contributed by atoms with Crippen molar-refractivity contribution in [1.82, 2.24) is 0 Å². The molecule has 2 rings (SSSR count). The average molecular weight is 279 g/mol. The fourth-order valence-corrected chi connectivity index (χ4v) is 1.65. The first-order valence-electron chi connectivity index (χ1n) is 5.30. The first kappa shape index (κ1) is 13.2. The molecule has 0 bridgehead atoms.